The second kappa shape index (κ2) is 3.23. The van der Waals surface area contributed by atoms with Gasteiger partial charge in [-0.25, -0.2) is 0 Å². The first-order valence-electron chi connectivity index (χ1n) is 4.90. The van der Waals surface area contributed by atoms with Gasteiger partial charge in [0.2, 0.25) is 0 Å². The zero-order chi connectivity index (χ0) is 10.2. The molecule has 0 radical (unpaired) electrons. The minimum atomic E-state index is -0.276. The highest BCUT2D eigenvalue weighted by atomic mass is 16.5. The number of hydrogen-bond donors (Lipinski definition) is 1. The molecule has 1 aromatic rings. The molecule has 0 aliphatic carbocycles. The molecule has 14 heavy (non-hydrogen) atoms. The lowest BCUT2D eigenvalue weighted by molar-refractivity contribution is -0.843. The van der Waals surface area contributed by atoms with Crippen molar-refractivity contribution in [3.63, 3.8) is 0 Å². The van der Waals surface area contributed by atoms with Gasteiger partial charge in [0.15, 0.2) is 0 Å². The van der Waals surface area contributed by atoms with Crippen LogP contribution < -0.4 is 5.06 Å². The third-order valence-corrected chi connectivity index (χ3v) is 3.01. The Labute approximate surface area is 84.4 Å². The minimum Gasteiger partial charge on any atom is -0.629 e. The summed E-state index contributed by atoms with van der Waals surface area (Å²) in [6.07, 6.45) is 3.72. The molecule has 1 aliphatic rings. The fourth-order valence-corrected chi connectivity index (χ4v) is 1.98. The van der Waals surface area contributed by atoms with Gasteiger partial charge in [-0.1, -0.05) is 30.3 Å². The fourth-order valence-electron chi connectivity index (χ4n) is 1.98. The average molecular weight is 189 g/mol. The summed E-state index contributed by atoms with van der Waals surface area (Å²) in [5, 5.41) is 11.8. The fraction of sp³-hybridized carbons (Fsp3) is 0.333. The summed E-state index contributed by atoms with van der Waals surface area (Å²) < 4.78 is 0. The van der Waals surface area contributed by atoms with Crippen LogP contribution in [0.25, 0.3) is 0 Å². The number of quaternary nitrogens is 1. The Morgan fingerprint density at radius 3 is 2.36 bits per heavy atom. The standard InChI is InChI=1S/C12H15NO/c1-12(2)11(8-9-13(12)14)10-6-4-3-5-7-10/h3-9,11,13H,1-2H3. The monoisotopic (exact) mass is 189 g/mol. The molecule has 1 aromatic carbocycles. The van der Waals surface area contributed by atoms with E-state index in [1.165, 1.54) is 5.56 Å². The van der Waals surface area contributed by atoms with Gasteiger partial charge >= 0.3 is 0 Å². The van der Waals surface area contributed by atoms with Gasteiger partial charge in [-0.15, -0.1) is 0 Å². The van der Waals surface area contributed by atoms with Crippen LogP contribution in [-0.4, -0.2) is 5.54 Å². The third kappa shape index (κ3) is 1.37. The highest BCUT2D eigenvalue weighted by Crippen LogP contribution is 2.29. The number of benzene rings is 1. The van der Waals surface area contributed by atoms with Gasteiger partial charge < -0.3 is 10.3 Å². The molecule has 0 fully saturated rings. The van der Waals surface area contributed by atoms with Crippen LogP contribution in [0.2, 0.25) is 0 Å². The molecule has 2 heteroatoms. The van der Waals surface area contributed by atoms with E-state index in [1.54, 1.807) is 6.20 Å². The molecule has 2 nitrogen and oxygen atoms in total. The molecule has 1 heterocycles. The summed E-state index contributed by atoms with van der Waals surface area (Å²) in [7, 11) is 0. The van der Waals surface area contributed by atoms with Gasteiger partial charge in [-0.05, 0) is 25.5 Å². The molecule has 2 unspecified atom stereocenters. The van der Waals surface area contributed by atoms with Gasteiger partial charge in [-0.2, -0.15) is 0 Å². The first kappa shape index (κ1) is 9.44. The van der Waals surface area contributed by atoms with E-state index in [9.17, 15) is 5.21 Å². The van der Waals surface area contributed by atoms with Crippen molar-refractivity contribution in [2.75, 3.05) is 0 Å². The Balaban J connectivity index is 2.34. The number of nitrogens with one attached hydrogen (secondary N) is 1. The molecule has 2 rings (SSSR count). The van der Waals surface area contributed by atoms with E-state index in [-0.39, 0.29) is 16.5 Å². The lowest BCUT2D eigenvalue weighted by atomic mass is 9.84. The summed E-state index contributed by atoms with van der Waals surface area (Å²) in [6, 6.07) is 10.2. The van der Waals surface area contributed by atoms with Crippen molar-refractivity contribution in [2.24, 2.45) is 0 Å². The molecule has 0 bridgehead atoms. The van der Waals surface area contributed by atoms with Gasteiger partial charge in [0, 0.05) is 0 Å². The van der Waals surface area contributed by atoms with Gasteiger partial charge in [0.05, 0.1) is 12.1 Å². The van der Waals surface area contributed by atoms with Crippen molar-refractivity contribution >= 4 is 0 Å². The summed E-state index contributed by atoms with van der Waals surface area (Å²) in [6.45, 7) is 4.01. The predicted octanol–water partition coefficient (Wildman–Crippen LogP) is 1.46. The second-order valence-corrected chi connectivity index (χ2v) is 4.33. The molecule has 2 atom stereocenters. The van der Waals surface area contributed by atoms with E-state index in [0.29, 0.717) is 0 Å². The zero-order valence-corrected chi connectivity index (χ0v) is 8.53. The number of hydroxylamine groups is 2. The Morgan fingerprint density at radius 2 is 1.86 bits per heavy atom. The van der Waals surface area contributed by atoms with Crippen molar-refractivity contribution in [2.45, 2.75) is 25.3 Å². The second-order valence-electron chi connectivity index (χ2n) is 4.33. The Morgan fingerprint density at radius 1 is 1.21 bits per heavy atom. The highest BCUT2D eigenvalue weighted by Gasteiger charge is 2.38. The van der Waals surface area contributed by atoms with Crippen LogP contribution in [0.5, 0.6) is 0 Å². The first-order valence-corrected chi connectivity index (χ1v) is 4.90. The quantitative estimate of drug-likeness (QED) is 0.665. The van der Waals surface area contributed by atoms with E-state index in [1.807, 2.05) is 38.1 Å². The molecule has 0 spiro atoms. The van der Waals surface area contributed by atoms with Crippen LogP contribution in [0.1, 0.15) is 25.3 Å². The van der Waals surface area contributed by atoms with Gasteiger partial charge in [-0.3, -0.25) is 0 Å². The molecule has 0 amide bonds. The summed E-state index contributed by atoms with van der Waals surface area (Å²) in [5.41, 5.74) is 0.945. The largest absolute Gasteiger partial charge is 0.629 e. The summed E-state index contributed by atoms with van der Waals surface area (Å²) in [4.78, 5) is 0. The van der Waals surface area contributed by atoms with Crippen LogP contribution in [0.4, 0.5) is 0 Å². The predicted molar refractivity (Wildman–Crippen MR) is 56.7 cm³/mol. The molecular weight excluding hydrogens is 174 g/mol. The molecule has 1 aliphatic heterocycles. The van der Waals surface area contributed by atoms with Crippen LogP contribution in [0.3, 0.4) is 0 Å². The maximum absolute atomic E-state index is 11.6. The van der Waals surface area contributed by atoms with Crippen LogP contribution in [0.15, 0.2) is 42.6 Å². The topological polar surface area (TPSA) is 27.5 Å². The maximum atomic E-state index is 11.6. The normalized spacial score (nSPS) is 29.4. The Bertz CT molecular complexity index is 343. The SMILES string of the molecule is CC1(C)C(c2ccccc2)C=C[NH+]1[O-]. The molecule has 0 saturated carbocycles. The van der Waals surface area contributed by atoms with Crippen LogP contribution in [0, 0.1) is 5.21 Å². The minimum absolute atomic E-state index is 0.228. The van der Waals surface area contributed by atoms with E-state index in [4.69, 9.17) is 0 Å². The maximum Gasteiger partial charge on any atom is 0.106 e. The van der Waals surface area contributed by atoms with Crippen molar-refractivity contribution in [1.29, 1.82) is 0 Å². The van der Waals surface area contributed by atoms with Gasteiger partial charge in [0.1, 0.15) is 5.54 Å². The lowest BCUT2D eigenvalue weighted by Crippen LogP contribution is -3.10. The van der Waals surface area contributed by atoms with Crippen molar-refractivity contribution in [3.05, 3.63) is 53.4 Å². The van der Waals surface area contributed by atoms with Crippen LogP contribution in [-0.2, 0) is 0 Å². The highest BCUT2D eigenvalue weighted by molar-refractivity contribution is 5.28. The Hall–Kier alpha value is -1.12. The zero-order valence-electron chi connectivity index (χ0n) is 8.53. The number of hydrogen-bond acceptors (Lipinski definition) is 1. The Kier molecular flexibility index (Phi) is 2.17. The first-order chi connectivity index (χ1) is 6.62. The van der Waals surface area contributed by atoms with Gasteiger partial charge in [0.25, 0.3) is 0 Å². The van der Waals surface area contributed by atoms with E-state index < -0.39 is 0 Å². The lowest BCUT2D eigenvalue weighted by Gasteiger charge is -2.35. The van der Waals surface area contributed by atoms with E-state index in [0.717, 1.165) is 0 Å². The van der Waals surface area contributed by atoms with E-state index >= 15 is 0 Å². The molecular formula is C12H15NO. The summed E-state index contributed by atoms with van der Waals surface area (Å²) >= 11 is 0. The van der Waals surface area contributed by atoms with Crippen molar-refractivity contribution < 1.29 is 5.06 Å². The molecule has 74 valence electrons. The number of rotatable bonds is 1. The average Bonchev–Trinajstić information content (AvgIpc) is 2.44. The summed E-state index contributed by atoms with van der Waals surface area (Å²) in [5.74, 6) is 0.233. The van der Waals surface area contributed by atoms with E-state index in [2.05, 4.69) is 12.1 Å². The van der Waals surface area contributed by atoms with Crippen molar-refractivity contribution in [3.8, 4) is 0 Å². The van der Waals surface area contributed by atoms with Crippen molar-refractivity contribution in [1.82, 2.24) is 0 Å². The molecule has 0 saturated heterocycles. The smallest absolute Gasteiger partial charge is 0.106 e. The van der Waals surface area contributed by atoms with Crippen LogP contribution >= 0.6 is 0 Å². The third-order valence-electron chi connectivity index (χ3n) is 3.01. The molecule has 1 N–H and O–H groups in total. The molecule has 0 aromatic heterocycles.